The number of nitriles is 1. The molecule has 10 nitrogen and oxygen atoms in total. The van der Waals surface area contributed by atoms with Crippen LogP contribution in [0.1, 0.15) is 65.5 Å². The lowest BCUT2D eigenvalue weighted by atomic mass is 9.89. The number of nitrogens with zero attached hydrogens (tertiary/aromatic N) is 1. The maximum Gasteiger partial charge on any atom is 0.320 e. The Labute approximate surface area is 221 Å². The lowest BCUT2D eigenvalue weighted by molar-refractivity contribution is -0.231. The van der Waals surface area contributed by atoms with Crippen molar-refractivity contribution in [3.05, 3.63) is 70.3 Å². The number of carboxylic acid groups (broad SMARTS) is 1. The van der Waals surface area contributed by atoms with E-state index in [-0.39, 0.29) is 11.5 Å². The molecule has 38 heavy (non-hydrogen) atoms. The lowest BCUT2D eigenvalue weighted by Crippen LogP contribution is -2.55. The van der Waals surface area contributed by atoms with E-state index >= 15 is 0 Å². The topological polar surface area (TPSA) is 195 Å². The molecule has 10 heteroatoms. The summed E-state index contributed by atoms with van der Waals surface area (Å²) < 4.78 is 5.65. The largest absolute Gasteiger partial charge is 0.480 e. The Balaban J connectivity index is 0.000000382. The van der Waals surface area contributed by atoms with Crippen molar-refractivity contribution in [2.75, 3.05) is 13.2 Å². The number of rotatable bonds is 6. The van der Waals surface area contributed by atoms with Crippen molar-refractivity contribution in [3.63, 3.8) is 0 Å². The van der Waals surface area contributed by atoms with Crippen LogP contribution in [0.4, 0.5) is 0 Å². The number of nitrogens with one attached hydrogen (secondary N) is 1. The van der Waals surface area contributed by atoms with Crippen molar-refractivity contribution in [2.24, 2.45) is 0 Å². The summed E-state index contributed by atoms with van der Waals surface area (Å²) in [6.45, 7) is 0.384. The second-order valence-electron chi connectivity index (χ2n) is 9.96. The minimum absolute atomic E-state index is 0. The highest BCUT2D eigenvalue weighted by Crippen LogP contribution is 2.40. The Morgan fingerprint density at radius 3 is 2.21 bits per heavy atom. The van der Waals surface area contributed by atoms with E-state index in [0.29, 0.717) is 23.5 Å². The molecular weight excluding hydrogens is 492 g/mol. The number of hydrogen-bond donors (Lipinski definition) is 6. The summed E-state index contributed by atoms with van der Waals surface area (Å²) in [7, 11) is 0. The van der Waals surface area contributed by atoms with Crippen molar-refractivity contribution in [2.45, 2.75) is 74.6 Å². The fraction of sp³-hybridized carbons (Fsp3) is 0.500. The molecule has 2 aromatic carbocycles. The zero-order valence-corrected chi connectivity index (χ0v) is 21.0. The van der Waals surface area contributed by atoms with Gasteiger partial charge in [0.1, 0.15) is 36.6 Å². The SMILES string of the molecule is N#Cc1ccc([C@@H]2O[C@H](CO)[C@@H](O)[C@H](O)[C@H]2O)cc1Cc1ccc(C2CC2)cc1.O.O=C(O)[C@@H]1CCCN1. The van der Waals surface area contributed by atoms with Gasteiger partial charge in [-0.2, -0.15) is 5.26 Å². The normalized spacial score (nSPS) is 28.4. The number of carboxylic acids is 1. The molecule has 0 radical (unpaired) electrons. The van der Waals surface area contributed by atoms with Gasteiger partial charge in [0, 0.05) is 0 Å². The van der Waals surface area contributed by atoms with Crippen LogP contribution in [0, 0.1) is 11.3 Å². The third-order valence-electron chi connectivity index (χ3n) is 7.25. The highest BCUT2D eigenvalue weighted by Gasteiger charge is 2.44. The molecule has 0 spiro atoms. The van der Waals surface area contributed by atoms with Crippen LogP contribution in [0.5, 0.6) is 0 Å². The third-order valence-corrected chi connectivity index (χ3v) is 7.25. The minimum atomic E-state index is -1.43. The summed E-state index contributed by atoms with van der Waals surface area (Å²) in [5.74, 6) is -0.0317. The molecule has 0 unspecified atom stereocenters. The number of ether oxygens (including phenoxy) is 1. The molecule has 2 aromatic rings. The number of benzene rings is 2. The van der Waals surface area contributed by atoms with E-state index < -0.39 is 43.1 Å². The Bertz CT molecular complexity index is 1110. The molecule has 0 bridgehead atoms. The van der Waals surface area contributed by atoms with Crippen LogP contribution in [-0.2, 0) is 16.0 Å². The summed E-state index contributed by atoms with van der Waals surface area (Å²) in [6, 6.07) is 15.5. The molecule has 1 saturated carbocycles. The van der Waals surface area contributed by atoms with Crippen molar-refractivity contribution in [3.8, 4) is 6.07 Å². The standard InChI is InChI=1S/C23H25NO5.C5H9NO2.H2O/c24-11-17-8-7-16(23-22(28)21(27)20(26)19(12-25)29-23)10-18(17)9-13-1-3-14(4-2-13)15-5-6-15;7-5(8)4-2-1-3-6-4;/h1-4,7-8,10,15,19-23,25-28H,5-6,9,12H2;4,6H,1-3H2,(H,7,8);1H2/t19-,20-,21+,22-,23+;4-;/m10./s1. The van der Waals surface area contributed by atoms with E-state index in [1.165, 1.54) is 18.4 Å². The molecule has 2 heterocycles. The van der Waals surface area contributed by atoms with E-state index in [0.717, 1.165) is 30.5 Å². The minimum Gasteiger partial charge on any atom is -0.480 e. The summed E-state index contributed by atoms with van der Waals surface area (Å²) >= 11 is 0. The average Bonchev–Trinajstić information content (AvgIpc) is 3.60. The first-order valence-electron chi connectivity index (χ1n) is 12.7. The van der Waals surface area contributed by atoms with Crippen LogP contribution in [0.2, 0.25) is 0 Å². The van der Waals surface area contributed by atoms with E-state index in [1.54, 1.807) is 18.2 Å². The van der Waals surface area contributed by atoms with Gasteiger partial charge < -0.3 is 41.1 Å². The van der Waals surface area contributed by atoms with Gasteiger partial charge >= 0.3 is 5.97 Å². The molecule has 3 fully saturated rings. The first-order valence-corrected chi connectivity index (χ1v) is 12.7. The predicted molar refractivity (Wildman–Crippen MR) is 137 cm³/mol. The molecule has 5 rings (SSSR count). The van der Waals surface area contributed by atoms with Gasteiger partial charge in [0.2, 0.25) is 0 Å². The zero-order chi connectivity index (χ0) is 26.5. The quantitative estimate of drug-likeness (QED) is 0.310. The molecular formula is C28H36N2O8. The number of aliphatic hydroxyl groups excluding tert-OH is 4. The van der Waals surface area contributed by atoms with Crippen molar-refractivity contribution in [1.82, 2.24) is 5.32 Å². The van der Waals surface area contributed by atoms with Crippen LogP contribution in [0.15, 0.2) is 42.5 Å². The molecule has 2 saturated heterocycles. The van der Waals surface area contributed by atoms with E-state index in [9.17, 15) is 30.5 Å². The fourth-order valence-corrected chi connectivity index (χ4v) is 4.86. The maximum atomic E-state index is 10.4. The van der Waals surface area contributed by atoms with E-state index in [4.69, 9.17) is 9.84 Å². The van der Waals surface area contributed by atoms with Crippen LogP contribution in [0.3, 0.4) is 0 Å². The van der Waals surface area contributed by atoms with Gasteiger partial charge in [0.15, 0.2) is 0 Å². The molecule has 0 amide bonds. The number of aliphatic carboxylic acids is 1. The first kappa shape index (κ1) is 29.7. The molecule has 3 aliphatic rings. The van der Waals surface area contributed by atoms with Crippen molar-refractivity contribution >= 4 is 5.97 Å². The summed E-state index contributed by atoms with van der Waals surface area (Å²) in [4.78, 5) is 10.1. The van der Waals surface area contributed by atoms with Crippen molar-refractivity contribution in [1.29, 1.82) is 5.26 Å². The molecule has 6 atom stereocenters. The lowest BCUT2D eigenvalue weighted by Gasteiger charge is -2.40. The second-order valence-corrected chi connectivity index (χ2v) is 9.96. The van der Waals surface area contributed by atoms with Gasteiger partial charge in [-0.1, -0.05) is 36.4 Å². The Morgan fingerprint density at radius 1 is 1.00 bits per heavy atom. The van der Waals surface area contributed by atoms with Crippen LogP contribution in [-0.4, -0.2) is 80.6 Å². The summed E-state index contributed by atoms with van der Waals surface area (Å²) in [5.41, 5.74) is 4.34. The summed E-state index contributed by atoms with van der Waals surface area (Å²) in [6.07, 6.45) is -1.20. The Kier molecular flexibility index (Phi) is 10.4. The van der Waals surface area contributed by atoms with Gasteiger partial charge in [0.05, 0.1) is 18.2 Å². The molecule has 0 aromatic heterocycles. The Morgan fingerprint density at radius 2 is 1.68 bits per heavy atom. The van der Waals surface area contributed by atoms with E-state index in [1.807, 2.05) is 0 Å². The van der Waals surface area contributed by atoms with Gasteiger partial charge in [0.25, 0.3) is 0 Å². The van der Waals surface area contributed by atoms with Crippen molar-refractivity contribution < 1.29 is 40.5 Å². The molecule has 2 aliphatic heterocycles. The molecule has 1 aliphatic carbocycles. The Hall–Kier alpha value is -2.88. The fourth-order valence-electron chi connectivity index (χ4n) is 4.86. The first-order chi connectivity index (χ1) is 17.8. The van der Waals surface area contributed by atoms with Crippen LogP contribution >= 0.6 is 0 Å². The zero-order valence-electron chi connectivity index (χ0n) is 21.0. The highest BCUT2D eigenvalue weighted by atomic mass is 16.5. The second kappa shape index (κ2) is 13.3. The van der Waals surface area contributed by atoms with Gasteiger partial charge in [-0.15, -0.1) is 0 Å². The number of aliphatic hydroxyl groups is 4. The molecule has 8 N–H and O–H groups in total. The third kappa shape index (κ3) is 6.95. The number of carbonyl (C=O) groups is 1. The summed E-state index contributed by atoms with van der Waals surface area (Å²) in [5, 5.41) is 60.5. The van der Waals surface area contributed by atoms with Crippen LogP contribution < -0.4 is 5.32 Å². The van der Waals surface area contributed by atoms with E-state index in [2.05, 4.69) is 35.7 Å². The van der Waals surface area contributed by atoms with Gasteiger partial charge in [-0.25, -0.2) is 0 Å². The predicted octanol–water partition coefficient (Wildman–Crippen LogP) is 0.540. The van der Waals surface area contributed by atoms with Crippen LogP contribution in [0.25, 0.3) is 0 Å². The average molecular weight is 529 g/mol. The van der Waals surface area contributed by atoms with Gasteiger partial charge in [-0.3, -0.25) is 4.79 Å². The highest BCUT2D eigenvalue weighted by molar-refractivity contribution is 5.73. The number of hydrogen-bond acceptors (Lipinski definition) is 8. The molecule has 206 valence electrons. The monoisotopic (exact) mass is 528 g/mol. The van der Waals surface area contributed by atoms with Gasteiger partial charge in [-0.05, 0) is 72.9 Å². The maximum absolute atomic E-state index is 10.4. The smallest absolute Gasteiger partial charge is 0.320 e.